The zero-order valence-corrected chi connectivity index (χ0v) is 14.3. The van der Waals surface area contributed by atoms with Gasteiger partial charge in [-0.25, -0.2) is 0 Å². The van der Waals surface area contributed by atoms with Crippen LogP contribution in [-0.2, 0) is 0 Å². The van der Waals surface area contributed by atoms with Gasteiger partial charge in [-0.15, -0.1) is 13.2 Å². The topological polar surface area (TPSA) is 41.9 Å². The first kappa shape index (κ1) is 19.3. The highest BCUT2D eigenvalue weighted by molar-refractivity contribution is 5.43. The molecule has 1 N–H and O–H groups in total. The third kappa shape index (κ3) is 6.47. The maximum atomic E-state index is 10.4. The first-order valence-corrected chi connectivity index (χ1v) is 8.17. The summed E-state index contributed by atoms with van der Waals surface area (Å²) in [7, 11) is 0. The number of benzene rings is 1. The number of aliphatic hydroxyl groups is 1. The zero-order valence-electron chi connectivity index (χ0n) is 14.3. The summed E-state index contributed by atoms with van der Waals surface area (Å²) in [5.41, 5.74) is 0.842. The molecule has 1 aromatic rings. The molecule has 0 saturated heterocycles. The molecule has 4 heteroatoms. The lowest BCUT2D eigenvalue weighted by molar-refractivity contribution is 0.148. The highest BCUT2D eigenvalue weighted by Gasteiger charge is 2.13. The Morgan fingerprint density at radius 2 is 1.70 bits per heavy atom. The number of ether oxygens (including phenoxy) is 2. The normalized spacial score (nSPS) is 12.0. The Morgan fingerprint density at radius 3 is 2.26 bits per heavy atom. The predicted octanol–water partition coefficient (Wildman–Crippen LogP) is 3.58. The molecule has 1 aromatic carbocycles. The van der Waals surface area contributed by atoms with Crippen molar-refractivity contribution in [3.05, 3.63) is 49.1 Å². The minimum atomic E-state index is -0.540. The Balaban J connectivity index is 2.74. The van der Waals surface area contributed by atoms with Crippen LogP contribution in [0, 0.1) is 0 Å². The zero-order chi connectivity index (χ0) is 17.1. The van der Waals surface area contributed by atoms with Crippen molar-refractivity contribution >= 4 is 0 Å². The van der Waals surface area contributed by atoms with Crippen LogP contribution < -0.4 is 9.47 Å². The summed E-state index contributed by atoms with van der Waals surface area (Å²) in [6.07, 6.45) is 3.82. The largest absolute Gasteiger partial charge is 0.490 e. The van der Waals surface area contributed by atoms with E-state index < -0.39 is 6.10 Å². The van der Waals surface area contributed by atoms with Crippen molar-refractivity contribution in [2.75, 3.05) is 32.8 Å². The lowest BCUT2D eigenvalue weighted by atomic mass is 10.1. The summed E-state index contributed by atoms with van der Waals surface area (Å²) in [5.74, 6) is 1.39. The average molecular weight is 319 g/mol. The first-order valence-electron chi connectivity index (χ1n) is 8.17. The monoisotopic (exact) mass is 319 g/mol. The molecule has 0 radical (unpaired) electrons. The number of hydrogen-bond acceptors (Lipinski definition) is 4. The van der Waals surface area contributed by atoms with Crippen LogP contribution in [0.4, 0.5) is 0 Å². The Labute approximate surface area is 140 Å². The molecular weight excluding hydrogens is 290 g/mol. The Bertz CT molecular complexity index is 478. The van der Waals surface area contributed by atoms with Crippen LogP contribution in [-0.4, -0.2) is 42.9 Å². The van der Waals surface area contributed by atoms with Gasteiger partial charge in [0.1, 0.15) is 0 Å². The standard InChI is InChI=1S/C19H29NO3/c1-5-12-20(13-6-2)14-11-17(21)16-9-10-18(22-7-3)19(15-16)23-8-4/h5-6,9-10,15,17,21H,1-2,7-8,11-14H2,3-4H3. The molecule has 1 unspecified atom stereocenters. The van der Waals surface area contributed by atoms with Gasteiger partial charge in [0.25, 0.3) is 0 Å². The third-order valence-electron chi connectivity index (χ3n) is 3.45. The van der Waals surface area contributed by atoms with E-state index in [9.17, 15) is 5.11 Å². The Hall–Kier alpha value is -1.78. The molecule has 0 spiro atoms. The van der Waals surface area contributed by atoms with Crippen molar-refractivity contribution in [1.82, 2.24) is 4.90 Å². The molecule has 0 aliphatic carbocycles. The minimum absolute atomic E-state index is 0.540. The molecule has 23 heavy (non-hydrogen) atoms. The van der Waals surface area contributed by atoms with Gasteiger partial charge in [-0.1, -0.05) is 18.2 Å². The average Bonchev–Trinajstić information content (AvgIpc) is 2.55. The first-order chi connectivity index (χ1) is 11.2. The molecular formula is C19H29NO3. The third-order valence-corrected chi connectivity index (χ3v) is 3.45. The van der Waals surface area contributed by atoms with Gasteiger partial charge < -0.3 is 14.6 Å². The van der Waals surface area contributed by atoms with Crippen LogP contribution in [0.2, 0.25) is 0 Å². The van der Waals surface area contributed by atoms with E-state index in [1.54, 1.807) is 0 Å². The van der Waals surface area contributed by atoms with Gasteiger partial charge in [0.15, 0.2) is 11.5 Å². The van der Waals surface area contributed by atoms with Crippen molar-refractivity contribution < 1.29 is 14.6 Å². The number of nitrogens with zero attached hydrogens (tertiary/aromatic N) is 1. The Kier molecular flexibility index (Phi) is 9.10. The fourth-order valence-electron chi connectivity index (χ4n) is 2.37. The van der Waals surface area contributed by atoms with Crippen LogP contribution in [0.15, 0.2) is 43.5 Å². The van der Waals surface area contributed by atoms with E-state index in [2.05, 4.69) is 18.1 Å². The van der Waals surface area contributed by atoms with Crippen LogP contribution in [0.1, 0.15) is 31.9 Å². The number of aliphatic hydroxyl groups excluding tert-OH is 1. The lowest BCUT2D eigenvalue weighted by Crippen LogP contribution is -2.26. The highest BCUT2D eigenvalue weighted by Crippen LogP contribution is 2.31. The van der Waals surface area contributed by atoms with Crippen molar-refractivity contribution in [2.45, 2.75) is 26.4 Å². The lowest BCUT2D eigenvalue weighted by Gasteiger charge is -2.21. The van der Waals surface area contributed by atoms with E-state index in [0.717, 1.165) is 25.2 Å². The van der Waals surface area contributed by atoms with Gasteiger partial charge in [-0.05, 0) is 38.0 Å². The fourth-order valence-corrected chi connectivity index (χ4v) is 2.37. The SMILES string of the molecule is C=CCN(CC=C)CCC(O)c1ccc(OCC)c(OCC)c1. The van der Waals surface area contributed by atoms with Crippen LogP contribution in [0.3, 0.4) is 0 Å². The second-order valence-corrected chi connectivity index (χ2v) is 5.21. The summed E-state index contributed by atoms with van der Waals surface area (Å²) >= 11 is 0. The summed E-state index contributed by atoms with van der Waals surface area (Å²) in [6, 6.07) is 5.62. The molecule has 0 aliphatic rings. The van der Waals surface area contributed by atoms with Crippen molar-refractivity contribution in [1.29, 1.82) is 0 Å². The second-order valence-electron chi connectivity index (χ2n) is 5.21. The molecule has 128 valence electrons. The maximum absolute atomic E-state index is 10.4. The number of rotatable bonds is 12. The van der Waals surface area contributed by atoms with Gasteiger partial charge in [-0.2, -0.15) is 0 Å². The van der Waals surface area contributed by atoms with Crippen LogP contribution in [0.25, 0.3) is 0 Å². The van der Waals surface area contributed by atoms with Crippen molar-refractivity contribution in [3.8, 4) is 11.5 Å². The molecule has 0 aliphatic heterocycles. The predicted molar refractivity (Wildman–Crippen MR) is 95.2 cm³/mol. The molecule has 1 rings (SSSR count). The molecule has 0 amide bonds. The maximum Gasteiger partial charge on any atom is 0.161 e. The summed E-state index contributed by atoms with van der Waals surface area (Å²) in [5, 5.41) is 10.4. The van der Waals surface area contributed by atoms with Crippen LogP contribution >= 0.6 is 0 Å². The van der Waals surface area contributed by atoms with Crippen molar-refractivity contribution in [2.24, 2.45) is 0 Å². The van der Waals surface area contributed by atoms with Gasteiger partial charge in [-0.3, -0.25) is 4.90 Å². The summed E-state index contributed by atoms with van der Waals surface area (Å²) in [4.78, 5) is 2.18. The smallest absolute Gasteiger partial charge is 0.161 e. The van der Waals surface area contributed by atoms with E-state index in [4.69, 9.17) is 9.47 Å². The van der Waals surface area contributed by atoms with E-state index in [1.807, 2.05) is 44.2 Å². The second kappa shape index (κ2) is 10.9. The minimum Gasteiger partial charge on any atom is -0.490 e. The van der Waals surface area contributed by atoms with E-state index in [1.165, 1.54) is 0 Å². The molecule has 0 bridgehead atoms. The van der Waals surface area contributed by atoms with E-state index in [-0.39, 0.29) is 0 Å². The molecule has 1 atom stereocenters. The molecule has 0 aromatic heterocycles. The van der Waals surface area contributed by atoms with Crippen LogP contribution in [0.5, 0.6) is 11.5 Å². The van der Waals surface area contributed by atoms with Gasteiger partial charge in [0, 0.05) is 19.6 Å². The molecule has 4 nitrogen and oxygen atoms in total. The molecule has 0 saturated carbocycles. The summed E-state index contributed by atoms with van der Waals surface area (Å²) in [6.45, 7) is 14.9. The summed E-state index contributed by atoms with van der Waals surface area (Å²) < 4.78 is 11.2. The van der Waals surface area contributed by atoms with Gasteiger partial charge in [0.05, 0.1) is 19.3 Å². The van der Waals surface area contributed by atoms with E-state index in [0.29, 0.717) is 31.1 Å². The molecule has 0 heterocycles. The molecule has 0 fully saturated rings. The quantitative estimate of drug-likeness (QED) is 0.598. The van der Waals surface area contributed by atoms with E-state index >= 15 is 0 Å². The fraction of sp³-hybridized carbons (Fsp3) is 0.474. The highest BCUT2D eigenvalue weighted by atomic mass is 16.5. The van der Waals surface area contributed by atoms with Crippen molar-refractivity contribution in [3.63, 3.8) is 0 Å². The van der Waals surface area contributed by atoms with Gasteiger partial charge in [0.2, 0.25) is 0 Å². The number of hydrogen-bond donors (Lipinski definition) is 1. The Morgan fingerprint density at radius 1 is 1.09 bits per heavy atom. The van der Waals surface area contributed by atoms with Gasteiger partial charge >= 0.3 is 0 Å².